The van der Waals surface area contributed by atoms with Crippen LogP contribution >= 0.6 is 0 Å². The number of amides is 4. The van der Waals surface area contributed by atoms with E-state index in [2.05, 4.69) is 45.6 Å². The van der Waals surface area contributed by atoms with Crippen molar-refractivity contribution in [2.24, 2.45) is 9.98 Å². The third-order valence-electron chi connectivity index (χ3n) is 14.6. The van der Waals surface area contributed by atoms with Gasteiger partial charge in [-0.1, -0.05) is 32.0 Å². The van der Waals surface area contributed by atoms with Crippen LogP contribution in [-0.4, -0.2) is 187 Å². The van der Waals surface area contributed by atoms with Gasteiger partial charge in [0.25, 0.3) is 11.8 Å². The summed E-state index contributed by atoms with van der Waals surface area (Å²) in [4.78, 5) is 79.7. The van der Waals surface area contributed by atoms with Crippen LogP contribution in [0.25, 0.3) is 17.1 Å². The van der Waals surface area contributed by atoms with E-state index < -0.39 is 23.7 Å². The number of benzene rings is 4. The maximum atomic E-state index is 15.5. The molecule has 2 aromatic heterocycles. The van der Waals surface area contributed by atoms with Gasteiger partial charge in [-0.15, -0.1) is 10.2 Å². The van der Waals surface area contributed by atoms with E-state index in [0.717, 1.165) is 17.2 Å². The Morgan fingerprint density at radius 2 is 1.55 bits per heavy atom. The number of hydrogen-bond acceptors (Lipinski definition) is 19. The molecule has 25 heteroatoms. The van der Waals surface area contributed by atoms with E-state index in [0.29, 0.717) is 138 Å². The number of nitrogen functional groups attached to an aromatic ring is 1. The molecule has 0 aliphatic carbocycles. The smallest absolute Gasteiger partial charge is 0.415 e. The fourth-order valence-electron chi connectivity index (χ4n) is 10.2. The highest BCUT2D eigenvalue weighted by Crippen LogP contribution is 2.44. The molecule has 0 saturated carbocycles. The summed E-state index contributed by atoms with van der Waals surface area (Å²) in [7, 11) is 1.53. The van der Waals surface area contributed by atoms with Gasteiger partial charge in [0.2, 0.25) is 23.6 Å². The van der Waals surface area contributed by atoms with E-state index in [1.807, 2.05) is 55.1 Å². The molecule has 6 aromatic rings. The van der Waals surface area contributed by atoms with Crippen molar-refractivity contribution >= 4 is 47.2 Å². The Balaban J connectivity index is 0.661. The van der Waals surface area contributed by atoms with Crippen LogP contribution in [0.1, 0.15) is 76.3 Å². The molecule has 4 amide bonds. The van der Waals surface area contributed by atoms with Crippen LogP contribution in [0.4, 0.5) is 20.8 Å². The van der Waals surface area contributed by atoms with Gasteiger partial charge in [-0.3, -0.25) is 44.0 Å². The third kappa shape index (κ3) is 12.2. The molecule has 10 rings (SSSR count). The highest BCUT2D eigenvalue weighted by atomic mass is 19.1. The van der Waals surface area contributed by atoms with Crippen LogP contribution in [0.15, 0.2) is 89.1 Å². The molecule has 4 aliphatic heterocycles. The number of rotatable bonds is 17. The molecule has 0 radical (unpaired) electrons. The first kappa shape index (κ1) is 56.1. The number of aromatic hydroxyl groups is 2. The number of amidine groups is 1. The maximum Gasteiger partial charge on any atom is 0.415 e. The van der Waals surface area contributed by atoms with Crippen molar-refractivity contribution in [1.29, 1.82) is 0 Å². The number of methoxy groups -OCH3 is 1. The van der Waals surface area contributed by atoms with Crippen molar-refractivity contribution in [2.45, 2.75) is 46.1 Å². The molecule has 0 unspecified atom stereocenters. The normalized spacial score (nSPS) is 15.4. The van der Waals surface area contributed by atoms with Gasteiger partial charge in [-0.25, -0.2) is 24.1 Å². The van der Waals surface area contributed by atoms with Crippen LogP contribution < -0.4 is 30.6 Å². The SMILES string of the molecule is CCNC(=O)c1nnc(-c2cc(C(C)C)c(O)cc2O)n1-c1ccc(CN2CCN(C(=O)Cc3ccc(OC(=O)N4CCN(CCCOc5ccc6c(c5OC)N=C(NC(=O)c5cnc(N)nc5)N5CCN=C65)CC4)cc3F)CC2)cc1. The van der Waals surface area contributed by atoms with Gasteiger partial charge < -0.3 is 45.3 Å². The highest BCUT2D eigenvalue weighted by Gasteiger charge is 2.34. The van der Waals surface area contributed by atoms with Gasteiger partial charge in [0.1, 0.15) is 34.6 Å². The highest BCUT2D eigenvalue weighted by molar-refractivity contribution is 6.20. The summed E-state index contributed by atoms with van der Waals surface area (Å²) in [6, 6.07) is 18.3. The fraction of sp³-hybridized carbons (Fsp3) is 0.368. The number of aromatic nitrogens is 5. The maximum absolute atomic E-state index is 15.5. The van der Waals surface area contributed by atoms with E-state index >= 15 is 4.39 Å². The number of carbonyl (C=O) groups is 4. The molecule has 2 saturated heterocycles. The zero-order chi connectivity index (χ0) is 57.6. The van der Waals surface area contributed by atoms with Crippen molar-refractivity contribution in [2.75, 3.05) is 98.0 Å². The predicted octanol–water partition coefficient (Wildman–Crippen LogP) is 4.70. The monoisotopic (exact) mass is 1120 g/mol. The number of hydrogen-bond donors (Lipinski definition) is 5. The Bertz CT molecular complexity index is 3430. The lowest BCUT2D eigenvalue weighted by Crippen LogP contribution is -2.49. The molecular weight excluding hydrogens is 1060 g/mol. The number of ether oxygens (including phenoxy) is 3. The molecule has 82 heavy (non-hydrogen) atoms. The topological polar surface area (TPSA) is 284 Å². The summed E-state index contributed by atoms with van der Waals surface area (Å²) < 4.78 is 34.7. The van der Waals surface area contributed by atoms with Gasteiger partial charge in [0.05, 0.1) is 37.8 Å². The number of aliphatic imine (C=N–C) groups is 2. The Morgan fingerprint density at radius 3 is 2.26 bits per heavy atom. The number of fused-ring (bicyclic) bond motifs is 3. The van der Waals surface area contributed by atoms with Crippen molar-refractivity contribution in [3.8, 4) is 45.8 Å². The van der Waals surface area contributed by atoms with Crippen LogP contribution in [-0.2, 0) is 17.8 Å². The van der Waals surface area contributed by atoms with Gasteiger partial charge in [0.15, 0.2) is 17.3 Å². The average Bonchev–Trinajstić information content (AvgIpc) is 4.22. The molecule has 6 heterocycles. The standard InChI is InChI=1S/C57H64FN15O9/c1-5-60-54(78)52-67-66-51(42-29-41(34(2)3)44(74)30-45(42)75)73(52)38-10-7-35(8-11-38)33-69-20-22-70(23-21-69)47(76)27-36-9-12-39(28-43(36)58)82-57(79)71-24-18-68(19-25-71)16-6-26-81-46-14-13-40-48(49(46)80-4)64-56(72-17-15-61-50(40)72)65-53(77)37-31-62-55(59)63-32-37/h7-14,28-32,34,74-75H,5-6,15-27,33H2,1-4H3,(H,60,78)(H2,59,62,63)(H,64,65,77). The Morgan fingerprint density at radius 1 is 0.817 bits per heavy atom. The van der Waals surface area contributed by atoms with Crippen molar-refractivity contribution in [3.05, 3.63) is 119 Å². The molecule has 4 aliphatic rings. The Hall–Kier alpha value is -9.23. The molecule has 2 fully saturated rings. The van der Waals surface area contributed by atoms with Crippen LogP contribution in [0.5, 0.6) is 28.7 Å². The van der Waals surface area contributed by atoms with E-state index in [1.165, 1.54) is 37.7 Å². The number of halogens is 1. The second-order valence-electron chi connectivity index (χ2n) is 20.3. The summed E-state index contributed by atoms with van der Waals surface area (Å²) in [5, 5.41) is 35.5. The quantitative estimate of drug-likeness (QED) is 0.0774. The van der Waals surface area contributed by atoms with Gasteiger partial charge in [-0.05, 0) is 72.4 Å². The number of guanidine groups is 1. The number of piperazine rings is 2. The molecule has 428 valence electrons. The van der Waals surface area contributed by atoms with Gasteiger partial charge >= 0.3 is 6.09 Å². The van der Waals surface area contributed by atoms with E-state index in [4.69, 9.17) is 24.9 Å². The summed E-state index contributed by atoms with van der Waals surface area (Å²) in [5.74, 6) is 0.186. The Kier molecular flexibility index (Phi) is 16.8. The summed E-state index contributed by atoms with van der Waals surface area (Å²) in [6.45, 7) is 12.9. The number of phenolic OH excluding ortho intramolecular Hbond substituents is 2. The second kappa shape index (κ2) is 24.6. The fourth-order valence-corrected chi connectivity index (χ4v) is 10.2. The lowest BCUT2D eigenvalue weighted by atomic mass is 9.98. The van der Waals surface area contributed by atoms with Crippen LogP contribution in [0, 0.1) is 5.82 Å². The van der Waals surface area contributed by atoms with E-state index in [1.54, 1.807) is 27.4 Å². The second-order valence-corrected chi connectivity index (χ2v) is 20.3. The molecule has 24 nitrogen and oxygen atoms in total. The van der Waals surface area contributed by atoms with Crippen LogP contribution in [0.2, 0.25) is 0 Å². The molecule has 6 N–H and O–H groups in total. The van der Waals surface area contributed by atoms with Gasteiger partial charge in [-0.2, -0.15) is 0 Å². The van der Waals surface area contributed by atoms with Crippen molar-refractivity contribution in [3.63, 3.8) is 0 Å². The molecular formula is C57H64FN15O9. The molecule has 0 bridgehead atoms. The number of carbonyl (C=O) groups excluding carboxylic acids is 4. The summed E-state index contributed by atoms with van der Waals surface area (Å²) in [6.07, 6.45) is 2.63. The first-order chi connectivity index (χ1) is 39.7. The zero-order valence-electron chi connectivity index (χ0n) is 46.0. The molecule has 0 spiro atoms. The minimum atomic E-state index is -0.639. The first-order valence-corrected chi connectivity index (χ1v) is 27.2. The number of nitrogens with one attached hydrogen (secondary N) is 2. The summed E-state index contributed by atoms with van der Waals surface area (Å²) in [5.41, 5.74) is 9.75. The predicted molar refractivity (Wildman–Crippen MR) is 300 cm³/mol. The number of anilines is 1. The van der Waals surface area contributed by atoms with Crippen LogP contribution in [0.3, 0.4) is 0 Å². The lowest BCUT2D eigenvalue weighted by Gasteiger charge is -2.35. The first-order valence-electron chi connectivity index (χ1n) is 27.2. The van der Waals surface area contributed by atoms with Crippen molar-refractivity contribution in [1.82, 2.24) is 59.9 Å². The third-order valence-corrected chi connectivity index (χ3v) is 14.6. The Labute approximate surface area is 472 Å². The lowest BCUT2D eigenvalue weighted by molar-refractivity contribution is -0.132. The zero-order valence-corrected chi connectivity index (χ0v) is 46.0. The average molecular weight is 1120 g/mol. The number of phenols is 2. The van der Waals surface area contributed by atoms with E-state index in [9.17, 15) is 29.4 Å². The molecule has 4 aromatic carbocycles. The van der Waals surface area contributed by atoms with Crippen molar-refractivity contribution < 1.29 is 48.0 Å². The number of nitrogens with two attached hydrogens (primary N) is 1. The minimum Gasteiger partial charge on any atom is -0.508 e. The van der Waals surface area contributed by atoms with E-state index in [-0.39, 0.29) is 70.2 Å². The minimum absolute atomic E-state index is 0.0390. The van der Waals surface area contributed by atoms with Gasteiger partial charge in [0, 0.05) is 114 Å². The largest absolute Gasteiger partial charge is 0.508 e. The molecule has 0 atom stereocenters. The number of nitrogens with zero attached hydrogens (tertiary/aromatic N) is 12. The summed E-state index contributed by atoms with van der Waals surface area (Å²) >= 11 is 0.